The highest BCUT2D eigenvalue weighted by atomic mass is 16.5. The maximum absolute atomic E-state index is 5.76. The van der Waals surface area contributed by atoms with E-state index in [1.54, 1.807) is 0 Å². The molecule has 5 nitrogen and oxygen atoms in total. The van der Waals surface area contributed by atoms with Crippen LogP contribution in [-0.2, 0) is 9.47 Å². The van der Waals surface area contributed by atoms with E-state index in [1.165, 1.54) is 6.42 Å². The van der Waals surface area contributed by atoms with Crippen molar-refractivity contribution in [1.82, 2.24) is 10.6 Å². The van der Waals surface area contributed by atoms with E-state index in [-0.39, 0.29) is 0 Å². The number of nitrogens with one attached hydrogen (secondary N) is 2. The van der Waals surface area contributed by atoms with Crippen LogP contribution < -0.4 is 10.6 Å². The fourth-order valence-electron chi connectivity index (χ4n) is 2.34. The van der Waals surface area contributed by atoms with Gasteiger partial charge in [-0.1, -0.05) is 13.8 Å². The smallest absolute Gasteiger partial charge is 0.191 e. The first kappa shape index (κ1) is 19.2. The van der Waals surface area contributed by atoms with Crippen molar-refractivity contribution in [3.8, 4) is 0 Å². The van der Waals surface area contributed by atoms with Crippen molar-refractivity contribution >= 4 is 5.96 Å². The zero-order valence-electron chi connectivity index (χ0n) is 14.7. The molecule has 1 heterocycles. The minimum atomic E-state index is 0.687. The number of rotatable bonds is 10. The largest absolute Gasteiger partial charge is 0.381 e. The molecule has 5 heteroatoms. The lowest BCUT2D eigenvalue weighted by molar-refractivity contribution is 0.0205. The van der Waals surface area contributed by atoms with Crippen molar-refractivity contribution in [2.75, 3.05) is 46.1 Å². The number of aliphatic imine (C=N–C) groups is 1. The van der Waals surface area contributed by atoms with Crippen LogP contribution in [0.3, 0.4) is 0 Å². The van der Waals surface area contributed by atoms with Crippen LogP contribution in [0.5, 0.6) is 0 Å². The molecule has 2 N–H and O–H groups in total. The monoisotopic (exact) mass is 313 g/mol. The highest BCUT2D eigenvalue weighted by Gasteiger charge is 2.13. The van der Waals surface area contributed by atoms with Gasteiger partial charge in [-0.05, 0) is 44.4 Å². The SMILES string of the molecule is CCNC(=NCCCOCC1CCOCC1)NCCC(C)C. The van der Waals surface area contributed by atoms with E-state index in [1.807, 2.05) is 0 Å². The molecule has 1 aliphatic heterocycles. The quantitative estimate of drug-likeness (QED) is 0.369. The van der Waals surface area contributed by atoms with Crippen LogP contribution >= 0.6 is 0 Å². The molecule has 0 spiro atoms. The molecule has 130 valence electrons. The van der Waals surface area contributed by atoms with E-state index in [9.17, 15) is 0 Å². The van der Waals surface area contributed by atoms with Gasteiger partial charge in [0.05, 0.1) is 0 Å². The van der Waals surface area contributed by atoms with Crippen LogP contribution in [-0.4, -0.2) is 52.0 Å². The highest BCUT2D eigenvalue weighted by Crippen LogP contribution is 2.14. The van der Waals surface area contributed by atoms with E-state index in [0.717, 1.165) is 71.3 Å². The Labute approximate surface area is 136 Å². The summed E-state index contributed by atoms with van der Waals surface area (Å²) in [6, 6.07) is 0. The molecule has 0 saturated carbocycles. The van der Waals surface area contributed by atoms with E-state index >= 15 is 0 Å². The average molecular weight is 313 g/mol. The lowest BCUT2D eigenvalue weighted by Crippen LogP contribution is -2.38. The third-order valence-corrected chi connectivity index (χ3v) is 3.77. The summed E-state index contributed by atoms with van der Waals surface area (Å²) in [7, 11) is 0. The normalized spacial score (nSPS) is 17.0. The minimum Gasteiger partial charge on any atom is -0.381 e. The van der Waals surface area contributed by atoms with Crippen molar-refractivity contribution in [2.24, 2.45) is 16.8 Å². The Balaban J connectivity index is 2.06. The summed E-state index contributed by atoms with van der Waals surface area (Å²) in [5, 5.41) is 6.66. The molecule has 22 heavy (non-hydrogen) atoms. The third kappa shape index (κ3) is 10.0. The Morgan fingerprint density at radius 1 is 1.27 bits per heavy atom. The maximum Gasteiger partial charge on any atom is 0.191 e. The van der Waals surface area contributed by atoms with Crippen LogP contribution in [0.15, 0.2) is 4.99 Å². The Kier molecular flexibility index (Phi) is 11.1. The van der Waals surface area contributed by atoms with E-state index in [0.29, 0.717) is 11.8 Å². The summed E-state index contributed by atoms with van der Waals surface area (Å²) in [5.74, 6) is 2.33. The van der Waals surface area contributed by atoms with Gasteiger partial charge < -0.3 is 20.1 Å². The van der Waals surface area contributed by atoms with E-state index in [2.05, 4.69) is 36.4 Å². The number of nitrogens with zero attached hydrogens (tertiary/aromatic N) is 1. The average Bonchev–Trinajstić information content (AvgIpc) is 2.51. The van der Waals surface area contributed by atoms with Gasteiger partial charge >= 0.3 is 0 Å². The Hall–Kier alpha value is -0.810. The Morgan fingerprint density at radius 2 is 2.05 bits per heavy atom. The first-order valence-electron chi connectivity index (χ1n) is 8.90. The molecule has 1 fully saturated rings. The maximum atomic E-state index is 5.76. The molecule has 1 rings (SSSR count). The van der Waals surface area contributed by atoms with Gasteiger partial charge in [0.1, 0.15) is 0 Å². The van der Waals surface area contributed by atoms with Gasteiger partial charge in [-0.3, -0.25) is 4.99 Å². The Bertz CT molecular complexity index is 290. The number of hydrogen-bond donors (Lipinski definition) is 2. The van der Waals surface area contributed by atoms with Gasteiger partial charge in [-0.25, -0.2) is 0 Å². The van der Waals surface area contributed by atoms with Crippen LogP contribution in [0.4, 0.5) is 0 Å². The number of guanidine groups is 1. The van der Waals surface area contributed by atoms with Gasteiger partial charge in [-0.15, -0.1) is 0 Å². The minimum absolute atomic E-state index is 0.687. The summed E-state index contributed by atoms with van der Waals surface area (Å²) >= 11 is 0. The van der Waals surface area contributed by atoms with Crippen LogP contribution in [0, 0.1) is 11.8 Å². The zero-order chi connectivity index (χ0) is 16.0. The zero-order valence-corrected chi connectivity index (χ0v) is 14.7. The lowest BCUT2D eigenvalue weighted by atomic mass is 10.0. The Morgan fingerprint density at radius 3 is 2.73 bits per heavy atom. The molecule has 0 aromatic heterocycles. The second-order valence-electron chi connectivity index (χ2n) is 6.35. The van der Waals surface area contributed by atoms with Gasteiger partial charge in [0.25, 0.3) is 0 Å². The van der Waals surface area contributed by atoms with Crippen molar-refractivity contribution in [3.05, 3.63) is 0 Å². The topological polar surface area (TPSA) is 54.9 Å². The number of hydrogen-bond acceptors (Lipinski definition) is 3. The second kappa shape index (κ2) is 12.7. The van der Waals surface area contributed by atoms with E-state index < -0.39 is 0 Å². The predicted octanol–water partition coefficient (Wildman–Crippen LogP) is 2.42. The molecule has 0 atom stereocenters. The van der Waals surface area contributed by atoms with Crippen molar-refractivity contribution < 1.29 is 9.47 Å². The standard InChI is InChI=1S/C17H35N3O2/c1-4-18-17(20-10-6-15(2)3)19-9-5-11-22-14-16-7-12-21-13-8-16/h15-16H,4-14H2,1-3H3,(H2,18,19,20). The molecule has 1 saturated heterocycles. The fourth-order valence-corrected chi connectivity index (χ4v) is 2.34. The van der Waals surface area contributed by atoms with E-state index in [4.69, 9.17) is 9.47 Å². The molecule has 0 aromatic carbocycles. The van der Waals surface area contributed by atoms with Crippen molar-refractivity contribution in [1.29, 1.82) is 0 Å². The second-order valence-corrected chi connectivity index (χ2v) is 6.35. The lowest BCUT2D eigenvalue weighted by Gasteiger charge is -2.21. The van der Waals surface area contributed by atoms with Gasteiger partial charge in [-0.2, -0.15) is 0 Å². The molecule has 1 aliphatic rings. The van der Waals surface area contributed by atoms with Crippen molar-refractivity contribution in [3.63, 3.8) is 0 Å². The van der Waals surface area contributed by atoms with Crippen LogP contribution in [0.2, 0.25) is 0 Å². The van der Waals surface area contributed by atoms with Crippen molar-refractivity contribution in [2.45, 2.75) is 46.5 Å². The summed E-state index contributed by atoms with van der Waals surface area (Å²) < 4.78 is 11.1. The van der Waals surface area contributed by atoms with Crippen LogP contribution in [0.25, 0.3) is 0 Å². The summed E-state index contributed by atoms with van der Waals surface area (Å²) in [5.41, 5.74) is 0. The molecular weight excluding hydrogens is 278 g/mol. The predicted molar refractivity (Wildman–Crippen MR) is 92.4 cm³/mol. The molecule has 0 aromatic rings. The summed E-state index contributed by atoms with van der Waals surface area (Å²) in [4.78, 5) is 4.59. The first-order chi connectivity index (χ1) is 10.7. The summed E-state index contributed by atoms with van der Waals surface area (Å²) in [6.45, 7) is 12.7. The molecule has 0 radical (unpaired) electrons. The van der Waals surface area contributed by atoms with Gasteiger partial charge in [0, 0.05) is 46.1 Å². The highest BCUT2D eigenvalue weighted by molar-refractivity contribution is 5.79. The number of ether oxygens (including phenoxy) is 2. The summed E-state index contributed by atoms with van der Waals surface area (Å²) in [6.07, 6.45) is 4.42. The molecular formula is C17H35N3O2. The molecule has 0 amide bonds. The molecule has 0 aliphatic carbocycles. The van der Waals surface area contributed by atoms with Gasteiger partial charge in [0.2, 0.25) is 0 Å². The van der Waals surface area contributed by atoms with Crippen LogP contribution in [0.1, 0.15) is 46.5 Å². The molecule has 0 unspecified atom stereocenters. The first-order valence-corrected chi connectivity index (χ1v) is 8.90. The third-order valence-electron chi connectivity index (χ3n) is 3.77. The molecule has 0 bridgehead atoms. The van der Waals surface area contributed by atoms with Gasteiger partial charge in [0.15, 0.2) is 5.96 Å². The fraction of sp³-hybridized carbons (Fsp3) is 0.941.